The fourth-order valence-corrected chi connectivity index (χ4v) is 0.249. The van der Waals surface area contributed by atoms with Gasteiger partial charge in [-0.25, -0.2) is 4.79 Å². The zero-order valence-electron chi connectivity index (χ0n) is 8.66. The minimum atomic E-state index is -0.914. The molecule has 0 saturated heterocycles. The summed E-state index contributed by atoms with van der Waals surface area (Å²) >= 11 is 0. The van der Waals surface area contributed by atoms with Crippen LogP contribution in [0, 0.1) is 0 Å². The molecule has 0 rings (SSSR count). The molecule has 0 aliphatic rings. The van der Waals surface area contributed by atoms with Crippen molar-refractivity contribution in [2.24, 2.45) is 0 Å². The Hall–Kier alpha value is 0.950. The van der Waals surface area contributed by atoms with Gasteiger partial charge in [0.1, 0.15) is 0 Å². The number of allylic oxidation sites excluding steroid dienone is 3. The minimum absolute atomic E-state index is 0. The van der Waals surface area contributed by atoms with E-state index in [1.807, 2.05) is 6.92 Å². The maximum atomic E-state index is 9.75. The molecular weight excluding hydrogens is 150 g/mol. The van der Waals surface area contributed by atoms with Gasteiger partial charge in [-0.1, -0.05) is 18.2 Å². The molecule has 0 heterocycles. The molecule has 0 aromatic heterocycles. The van der Waals surface area contributed by atoms with Crippen LogP contribution in [-0.2, 0) is 4.79 Å². The van der Waals surface area contributed by atoms with E-state index in [1.54, 1.807) is 12.2 Å². The second-order valence-electron chi connectivity index (χ2n) is 1.22. The number of aliphatic carboxylic acids is 1. The molecule has 0 saturated carbocycles. The molecule has 1 N–H and O–H groups in total. The van der Waals surface area contributed by atoms with Gasteiger partial charge in [0.15, 0.2) is 0 Å². The molecule has 0 fully saturated rings. The quantitative estimate of drug-likeness (QED) is 0.251. The molecule has 2 nitrogen and oxygen atoms in total. The molecule has 0 aromatic rings. The molecule has 0 unspecified atom stereocenters. The van der Waals surface area contributed by atoms with Crippen molar-refractivity contribution in [1.82, 2.24) is 0 Å². The van der Waals surface area contributed by atoms with Crippen LogP contribution in [0.3, 0.4) is 0 Å². The zero-order valence-corrected chi connectivity index (χ0v) is 10.7. The molecule has 0 aliphatic carbocycles. The van der Waals surface area contributed by atoms with Gasteiger partial charge in [-0.3, -0.25) is 0 Å². The Balaban J connectivity index is -0.0000000408. The fraction of sp³-hybridized carbons (Fsp3) is 0.167. The molecule has 0 radical (unpaired) electrons. The number of carbonyl (C=O) groups is 1. The predicted octanol–water partition coefficient (Wildman–Crippen LogP) is -4.56. The summed E-state index contributed by atoms with van der Waals surface area (Å²) in [5.74, 6) is -0.914. The van der Waals surface area contributed by atoms with E-state index in [-0.39, 0.29) is 62.0 Å². The Labute approximate surface area is 108 Å². The molecular formula is C6H10Na2O2. The van der Waals surface area contributed by atoms with E-state index in [0.29, 0.717) is 0 Å². The summed E-state index contributed by atoms with van der Waals surface area (Å²) in [5, 5.41) is 8.02. The van der Waals surface area contributed by atoms with Crippen LogP contribution in [0.1, 0.15) is 9.78 Å². The third kappa shape index (κ3) is 16.0. The van der Waals surface area contributed by atoms with Crippen molar-refractivity contribution in [3.8, 4) is 0 Å². The normalized spacial score (nSPS) is 8.90. The first-order valence-electron chi connectivity index (χ1n) is 2.29. The van der Waals surface area contributed by atoms with Crippen LogP contribution < -0.4 is 59.1 Å². The number of carboxylic acid groups (broad SMARTS) is 1. The van der Waals surface area contributed by atoms with E-state index in [9.17, 15) is 4.79 Å². The monoisotopic (exact) mass is 160 g/mol. The summed E-state index contributed by atoms with van der Waals surface area (Å²) < 4.78 is 0. The van der Waals surface area contributed by atoms with Crippen molar-refractivity contribution in [2.45, 2.75) is 6.92 Å². The zero-order chi connectivity index (χ0) is 6.41. The molecule has 48 valence electrons. The van der Waals surface area contributed by atoms with Gasteiger partial charge < -0.3 is 7.96 Å². The van der Waals surface area contributed by atoms with Gasteiger partial charge >= 0.3 is 65.1 Å². The van der Waals surface area contributed by atoms with Crippen molar-refractivity contribution in [2.75, 3.05) is 0 Å². The van der Waals surface area contributed by atoms with E-state index in [2.05, 4.69) is 0 Å². The topological polar surface area (TPSA) is 37.3 Å². The van der Waals surface area contributed by atoms with Crippen LogP contribution in [0.2, 0.25) is 0 Å². The minimum Gasteiger partial charge on any atom is -1.00 e. The van der Waals surface area contributed by atoms with Crippen molar-refractivity contribution < 1.29 is 71.9 Å². The predicted molar refractivity (Wildman–Crippen MR) is 33.8 cm³/mol. The largest absolute Gasteiger partial charge is 1.00 e. The molecule has 10 heavy (non-hydrogen) atoms. The molecule has 0 atom stereocenters. The van der Waals surface area contributed by atoms with Crippen molar-refractivity contribution in [3.63, 3.8) is 0 Å². The summed E-state index contributed by atoms with van der Waals surface area (Å²) in [6.45, 7) is 1.83. The van der Waals surface area contributed by atoms with Gasteiger partial charge in [0.05, 0.1) is 0 Å². The van der Waals surface area contributed by atoms with Crippen LogP contribution in [0.4, 0.5) is 0 Å². The Kier molecular flexibility index (Phi) is 21.6. The SMILES string of the molecule is CC=CC=CC(=O)O.[H-].[H-].[Na+].[Na+]. The third-order valence-corrected chi connectivity index (χ3v) is 0.542. The van der Waals surface area contributed by atoms with Gasteiger partial charge in [-0.15, -0.1) is 0 Å². The smallest absolute Gasteiger partial charge is 1.00 e. The van der Waals surface area contributed by atoms with Crippen molar-refractivity contribution >= 4 is 5.97 Å². The average molecular weight is 160 g/mol. The Bertz CT molecular complexity index is 138. The first kappa shape index (κ1) is 17.2. The summed E-state index contributed by atoms with van der Waals surface area (Å²) in [7, 11) is 0. The fourth-order valence-electron chi connectivity index (χ4n) is 0.249. The molecule has 0 spiro atoms. The molecule has 0 aliphatic heterocycles. The molecule has 0 aromatic carbocycles. The summed E-state index contributed by atoms with van der Waals surface area (Å²) in [4.78, 5) is 9.75. The Morgan fingerprint density at radius 1 is 1.40 bits per heavy atom. The van der Waals surface area contributed by atoms with Crippen LogP contribution >= 0.6 is 0 Å². The van der Waals surface area contributed by atoms with Gasteiger partial charge in [0.2, 0.25) is 0 Å². The van der Waals surface area contributed by atoms with E-state index in [1.165, 1.54) is 6.08 Å². The van der Waals surface area contributed by atoms with Gasteiger partial charge in [-0.2, -0.15) is 0 Å². The third-order valence-electron chi connectivity index (χ3n) is 0.542. The average Bonchev–Trinajstić information content (AvgIpc) is 1.66. The Morgan fingerprint density at radius 3 is 2.20 bits per heavy atom. The second-order valence-corrected chi connectivity index (χ2v) is 1.22. The summed E-state index contributed by atoms with van der Waals surface area (Å²) in [5.41, 5.74) is 0. The summed E-state index contributed by atoms with van der Waals surface area (Å²) in [6.07, 6.45) is 5.98. The second kappa shape index (κ2) is 12.6. The molecule has 0 amide bonds. The Morgan fingerprint density at radius 2 is 1.90 bits per heavy atom. The number of hydrogen-bond acceptors (Lipinski definition) is 1. The first-order valence-corrected chi connectivity index (χ1v) is 2.29. The summed E-state index contributed by atoms with van der Waals surface area (Å²) in [6, 6.07) is 0. The van der Waals surface area contributed by atoms with Crippen LogP contribution in [-0.4, -0.2) is 11.1 Å². The van der Waals surface area contributed by atoms with Crippen molar-refractivity contribution in [1.29, 1.82) is 0 Å². The van der Waals surface area contributed by atoms with Crippen LogP contribution in [0.5, 0.6) is 0 Å². The van der Waals surface area contributed by atoms with E-state index in [4.69, 9.17) is 5.11 Å². The van der Waals surface area contributed by atoms with Crippen LogP contribution in [0.15, 0.2) is 24.3 Å². The van der Waals surface area contributed by atoms with Crippen LogP contribution in [0.25, 0.3) is 0 Å². The van der Waals surface area contributed by atoms with E-state index >= 15 is 0 Å². The molecule has 4 heteroatoms. The van der Waals surface area contributed by atoms with Gasteiger partial charge in [0, 0.05) is 6.08 Å². The number of carboxylic acids is 1. The number of hydrogen-bond donors (Lipinski definition) is 1. The maximum absolute atomic E-state index is 9.75. The van der Waals surface area contributed by atoms with E-state index < -0.39 is 5.97 Å². The standard InChI is InChI=1S/C6H8O2.2Na.2H/c1-2-3-4-5-6(7)8;;;;/h2-5H,1H3,(H,7,8);;;;/q;2*+1;2*-1. The van der Waals surface area contributed by atoms with Gasteiger partial charge in [-0.05, 0) is 6.92 Å². The number of rotatable bonds is 2. The maximum Gasteiger partial charge on any atom is 1.00 e. The first-order chi connectivity index (χ1) is 3.77. The molecule has 0 bridgehead atoms. The van der Waals surface area contributed by atoms with E-state index in [0.717, 1.165) is 6.08 Å². The van der Waals surface area contributed by atoms with Gasteiger partial charge in [0.25, 0.3) is 0 Å². The van der Waals surface area contributed by atoms with Crippen molar-refractivity contribution in [3.05, 3.63) is 24.3 Å².